The van der Waals surface area contributed by atoms with Crippen LogP contribution < -0.4 is 5.73 Å². The van der Waals surface area contributed by atoms with Crippen LogP contribution in [0.4, 0.5) is 0 Å². The Morgan fingerprint density at radius 3 is 2.73 bits per heavy atom. The van der Waals surface area contributed by atoms with Gasteiger partial charge in [0.15, 0.2) is 0 Å². The third kappa shape index (κ3) is 2.02. The molecule has 2 aromatic heterocycles. The zero-order chi connectivity index (χ0) is 10.8. The van der Waals surface area contributed by atoms with Crippen molar-refractivity contribution < 1.29 is 4.42 Å². The normalized spacial score (nSPS) is 12.7. The van der Waals surface area contributed by atoms with E-state index in [4.69, 9.17) is 10.2 Å². The van der Waals surface area contributed by atoms with E-state index in [1.165, 1.54) is 0 Å². The van der Waals surface area contributed by atoms with E-state index in [0.717, 1.165) is 5.69 Å². The zero-order valence-electron chi connectivity index (χ0n) is 8.64. The summed E-state index contributed by atoms with van der Waals surface area (Å²) in [5, 5.41) is 7.73. The first-order valence-electron chi connectivity index (χ1n) is 4.70. The fraction of sp³-hybridized carbons (Fsp3) is 0.300. The van der Waals surface area contributed by atoms with Crippen LogP contribution in [0.15, 0.2) is 22.6 Å². The average molecular weight is 204 g/mol. The van der Waals surface area contributed by atoms with Crippen molar-refractivity contribution in [2.75, 3.05) is 0 Å². The predicted molar refractivity (Wildman–Crippen MR) is 54.9 cm³/mol. The van der Waals surface area contributed by atoms with Crippen LogP contribution in [-0.4, -0.2) is 15.2 Å². The number of pyridine rings is 1. The topological polar surface area (TPSA) is 77.8 Å². The van der Waals surface area contributed by atoms with Crippen molar-refractivity contribution in [2.24, 2.45) is 5.73 Å². The number of rotatable bonds is 2. The molecule has 2 aromatic rings. The standard InChI is InChI=1S/C10H12N4O/c1-6-4-3-5-8(12-6)10-14-13-9(15-10)7(2)11/h3-5,7H,11H2,1-2H3. The van der Waals surface area contributed by atoms with E-state index >= 15 is 0 Å². The fourth-order valence-electron chi connectivity index (χ4n) is 1.18. The predicted octanol–water partition coefficient (Wildman–Crippen LogP) is 1.46. The Balaban J connectivity index is 2.37. The molecule has 15 heavy (non-hydrogen) atoms. The largest absolute Gasteiger partial charge is 0.418 e. The monoisotopic (exact) mass is 204 g/mol. The Morgan fingerprint density at radius 2 is 2.13 bits per heavy atom. The van der Waals surface area contributed by atoms with Crippen LogP contribution in [0.1, 0.15) is 24.6 Å². The fourth-order valence-corrected chi connectivity index (χ4v) is 1.18. The second-order valence-electron chi connectivity index (χ2n) is 3.40. The van der Waals surface area contributed by atoms with Crippen LogP contribution in [0.25, 0.3) is 11.6 Å². The molecule has 2 heterocycles. The Kier molecular flexibility index (Phi) is 2.47. The van der Waals surface area contributed by atoms with Gasteiger partial charge in [0.05, 0.1) is 6.04 Å². The number of aromatic nitrogens is 3. The van der Waals surface area contributed by atoms with Crippen LogP contribution in [0.3, 0.4) is 0 Å². The Hall–Kier alpha value is -1.75. The highest BCUT2D eigenvalue weighted by molar-refractivity contribution is 5.45. The van der Waals surface area contributed by atoms with Crippen LogP contribution in [0.2, 0.25) is 0 Å². The van der Waals surface area contributed by atoms with Gasteiger partial charge in [-0.05, 0) is 26.0 Å². The van der Waals surface area contributed by atoms with E-state index in [1.54, 1.807) is 6.92 Å². The summed E-state index contributed by atoms with van der Waals surface area (Å²) < 4.78 is 5.38. The molecule has 78 valence electrons. The Morgan fingerprint density at radius 1 is 1.33 bits per heavy atom. The lowest BCUT2D eigenvalue weighted by molar-refractivity contribution is 0.472. The van der Waals surface area contributed by atoms with Crippen molar-refractivity contribution >= 4 is 0 Å². The molecule has 0 aliphatic heterocycles. The van der Waals surface area contributed by atoms with Crippen molar-refractivity contribution in [1.29, 1.82) is 0 Å². The molecular formula is C10H12N4O. The van der Waals surface area contributed by atoms with Crippen molar-refractivity contribution in [3.05, 3.63) is 29.8 Å². The van der Waals surface area contributed by atoms with Crippen LogP contribution in [0, 0.1) is 6.92 Å². The minimum atomic E-state index is -0.254. The maximum atomic E-state index is 5.62. The summed E-state index contributed by atoms with van der Waals surface area (Å²) in [6.45, 7) is 3.70. The molecule has 0 saturated heterocycles. The molecule has 5 heteroatoms. The number of hydrogen-bond donors (Lipinski definition) is 1. The maximum Gasteiger partial charge on any atom is 0.266 e. The molecule has 2 N–H and O–H groups in total. The van der Waals surface area contributed by atoms with Crippen LogP contribution in [0.5, 0.6) is 0 Å². The van der Waals surface area contributed by atoms with E-state index in [2.05, 4.69) is 15.2 Å². The van der Waals surface area contributed by atoms with Crippen LogP contribution in [-0.2, 0) is 0 Å². The molecule has 0 spiro atoms. The smallest absolute Gasteiger partial charge is 0.266 e. The van der Waals surface area contributed by atoms with Gasteiger partial charge in [-0.15, -0.1) is 10.2 Å². The molecule has 1 unspecified atom stereocenters. The van der Waals surface area contributed by atoms with Gasteiger partial charge in [0, 0.05) is 5.69 Å². The molecule has 0 amide bonds. The van der Waals surface area contributed by atoms with E-state index in [0.29, 0.717) is 17.5 Å². The van der Waals surface area contributed by atoms with E-state index < -0.39 is 0 Å². The lowest BCUT2D eigenvalue weighted by atomic mass is 10.3. The van der Waals surface area contributed by atoms with Gasteiger partial charge < -0.3 is 10.2 Å². The van der Waals surface area contributed by atoms with Gasteiger partial charge in [0.2, 0.25) is 5.89 Å². The SMILES string of the molecule is Cc1cccc(-c2nnc(C(C)N)o2)n1. The van der Waals surface area contributed by atoms with Gasteiger partial charge >= 0.3 is 0 Å². The van der Waals surface area contributed by atoms with Crippen molar-refractivity contribution in [1.82, 2.24) is 15.2 Å². The molecule has 0 bridgehead atoms. The van der Waals surface area contributed by atoms with Gasteiger partial charge in [0.25, 0.3) is 5.89 Å². The highest BCUT2D eigenvalue weighted by atomic mass is 16.4. The number of nitrogens with two attached hydrogens (primary N) is 1. The van der Waals surface area contributed by atoms with E-state index in [-0.39, 0.29) is 6.04 Å². The minimum Gasteiger partial charge on any atom is -0.418 e. The molecule has 0 radical (unpaired) electrons. The summed E-state index contributed by atoms with van der Waals surface area (Å²) in [4.78, 5) is 4.28. The summed E-state index contributed by atoms with van der Waals surface area (Å²) >= 11 is 0. The first-order valence-corrected chi connectivity index (χ1v) is 4.70. The Labute approximate surface area is 87.3 Å². The summed E-state index contributed by atoms with van der Waals surface area (Å²) in [6.07, 6.45) is 0. The molecule has 0 saturated carbocycles. The Bertz CT molecular complexity index is 464. The average Bonchev–Trinajstić information content (AvgIpc) is 2.66. The maximum absolute atomic E-state index is 5.62. The molecule has 0 fully saturated rings. The summed E-state index contributed by atoms with van der Waals surface area (Å²) in [6, 6.07) is 5.38. The second kappa shape index (κ2) is 3.78. The zero-order valence-corrected chi connectivity index (χ0v) is 8.64. The number of aryl methyl sites for hydroxylation is 1. The lowest BCUT2D eigenvalue weighted by Gasteiger charge is -1.96. The molecule has 2 rings (SSSR count). The summed E-state index contributed by atoms with van der Waals surface area (Å²) in [5.74, 6) is 0.833. The molecule has 1 atom stereocenters. The third-order valence-electron chi connectivity index (χ3n) is 1.94. The van der Waals surface area contributed by atoms with E-state index in [1.807, 2.05) is 25.1 Å². The van der Waals surface area contributed by atoms with E-state index in [9.17, 15) is 0 Å². The van der Waals surface area contributed by atoms with Gasteiger partial charge in [-0.1, -0.05) is 6.07 Å². The number of hydrogen-bond acceptors (Lipinski definition) is 5. The molecular weight excluding hydrogens is 192 g/mol. The highest BCUT2D eigenvalue weighted by Crippen LogP contribution is 2.17. The van der Waals surface area contributed by atoms with Gasteiger partial charge in [0.1, 0.15) is 5.69 Å². The van der Waals surface area contributed by atoms with Gasteiger partial charge in [-0.2, -0.15) is 0 Å². The minimum absolute atomic E-state index is 0.254. The van der Waals surface area contributed by atoms with Crippen molar-refractivity contribution in [3.63, 3.8) is 0 Å². The molecule has 0 aliphatic rings. The second-order valence-corrected chi connectivity index (χ2v) is 3.40. The quantitative estimate of drug-likeness (QED) is 0.801. The van der Waals surface area contributed by atoms with Crippen molar-refractivity contribution in [2.45, 2.75) is 19.9 Å². The summed E-state index contributed by atoms with van der Waals surface area (Å²) in [5.41, 5.74) is 7.20. The first kappa shape index (κ1) is 9.79. The number of nitrogens with zero attached hydrogens (tertiary/aromatic N) is 3. The van der Waals surface area contributed by atoms with Crippen LogP contribution >= 0.6 is 0 Å². The lowest BCUT2D eigenvalue weighted by Crippen LogP contribution is -2.04. The summed E-state index contributed by atoms with van der Waals surface area (Å²) in [7, 11) is 0. The first-order chi connectivity index (χ1) is 7.16. The van der Waals surface area contributed by atoms with Gasteiger partial charge in [-0.3, -0.25) is 0 Å². The van der Waals surface area contributed by atoms with Gasteiger partial charge in [-0.25, -0.2) is 4.98 Å². The molecule has 5 nitrogen and oxygen atoms in total. The highest BCUT2D eigenvalue weighted by Gasteiger charge is 2.12. The molecule has 0 aliphatic carbocycles. The third-order valence-corrected chi connectivity index (χ3v) is 1.94. The van der Waals surface area contributed by atoms with Crippen molar-refractivity contribution in [3.8, 4) is 11.6 Å². The molecule has 0 aromatic carbocycles.